The molecule has 50 heavy (non-hydrogen) atoms. The topological polar surface area (TPSA) is 0 Å². The van der Waals surface area contributed by atoms with Gasteiger partial charge in [-0.1, -0.05) is 0 Å². The molecule has 0 aliphatic heterocycles. The molecular weight excluding hydrogens is 787 g/mol. The summed E-state index contributed by atoms with van der Waals surface area (Å²) in [7, 11) is -7.89. The molecule has 0 spiro atoms. The van der Waals surface area contributed by atoms with Crippen molar-refractivity contribution in [2.45, 2.75) is 123 Å². The summed E-state index contributed by atoms with van der Waals surface area (Å²) in [5.74, 6) is 0. The Kier molecular flexibility index (Phi) is 15.9. The summed E-state index contributed by atoms with van der Waals surface area (Å²) in [6.45, 7) is 42.3. The fourth-order valence-electron chi connectivity index (χ4n) is 7.31. The SMILES string of the molecule is CC1=C(C)[C]([Ti+3])(C[SiH](c2cc([Si](C)(C)C)cc([Si](C)(C)C)c2)c2cc([Si](C)(C)C)cc([Si](C)(C)C)c2)C(c2cc(C)cc(C)c2)=C1C.[Cl-].[Cl-].[Cl-]. The van der Waals surface area contributed by atoms with Crippen molar-refractivity contribution in [2.75, 3.05) is 0 Å². The molecule has 0 amide bonds. The van der Waals surface area contributed by atoms with E-state index >= 15 is 0 Å². The van der Waals surface area contributed by atoms with Crippen LogP contribution in [0.4, 0.5) is 0 Å². The van der Waals surface area contributed by atoms with E-state index in [1.807, 2.05) is 0 Å². The van der Waals surface area contributed by atoms with E-state index in [1.54, 1.807) is 42.3 Å². The Morgan fingerprint density at radius 2 is 0.800 bits per heavy atom. The molecule has 0 radical (unpaired) electrons. The second-order valence-electron chi connectivity index (χ2n) is 19.0. The fourth-order valence-corrected chi connectivity index (χ4v) is 18.3. The van der Waals surface area contributed by atoms with Crippen molar-refractivity contribution in [3.05, 3.63) is 88.0 Å². The first kappa shape index (κ1) is 47.8. The number of aryl methyl sites for hydroxylation is 2. The second-order valence-corrected chi connectivity index (χ2v) is 43.5. The zero-order valence-electron chi connectivity index (χ0n) is 34.1. The van der Waals surface area contributed by atoms with Gasteiger partial charge in [0.15, 0.2) is 0 Å². The van der Waals surface area contributed by atoms with E-state index in [2.05, 4.69) is 188 Å². The maximum Gasteiger partial charge on any atom is -1.00 e. The predicted octanol–water partition coefficient (Wildman–Crippen LogP) is -0.633. The summed E-state index contributed by atoms with van der Waals surface area (Å²) in [6.07, 6.45) is 0. The van der Waals surface area contributed by atoms with Gasteiger partial charge in [-0.3, -0.25) is 0 Å². The molecule has 9 heteroatoms. The third kappa shape index (κ3) is 10.3. The van der Waals surface area contributed by atoms with Gasteiger partial charge in [-0.2, -0.15) is 0 Å². The van der Waals surface area contributed by atoms with E-state index in [0.29, 0.717) is 0 Å². The summed E-state index contributed by atoms with van der Waals surface area (Å²) < 4.78 is -0.00569. The molecule has 0 aromatic heterocycles. The molecule has 1 aliphatic rings. The zero-order valence-corrected chi connectivity index (χ0v) is 43.1. The van der Waals surface area contributed by atoms with Crippen molar-refractivity contribution in [3.8, 4) is 0 Å². The maximum absolute atomic E-state index is 2.72. The Hall–Kier alpha value is -0.191. The van der Waals surface area contributed by atoms with E-state index in [4.69, 9.17) is 0 Å². The second kappa shape index (κ2) is 16.7. The van der Waals surface area contributed by atoms with E-state index < -0.39 is 41.1 Å². The quantitative estimate of drug-likeness (QED) is 0.252. The normalized spacial score (nSPS) is 17.1. The number of halogens is 3. The third-order valence-corrected chi connectivity index (χ3v) is 24.1. The number of hydrogen-bond acceptors (Lipinski definition) is 0. The van der Waals surface area contributed by atoms with E-state index in [1.165, 1.54) is 33.9 Å². The molecule has 272 valence electrons. The molecule has 1 aliphatic carbocycles. The van der Waals surface area contributed by atoms with Crippen LogP contribution in [0, 0.1) is 13.8 Å². The molecule has 1 unspecified atom stereocenters. The summed E-state index contributed by atoms with van der Waals surface area (Å²) >= 11 is 2.61. The molecule has 3 aromatic carbocycles. The van der Waals surface area contributed by atoms with Gasteiger partial charge in [0.05, 0.1) is 0 Å². The van der Waals surface area contributed by atoms with E-state index in [9.17, 15) is 0 Å². The first-order valence-corrected chi connectivity index (χ1v) is 34.5. The average molecular weight is 851 g/mol. The van der Waals surface area contributed by atoms with Gasteiger partial charge in [-0.25, -0.2) is 0 Å². The van der Waals surface area contributed by atoms with Gasteiger partial charge >= 0.3 is 309 Å². The van der Waals surface area contributed by atoms with Crippen LogP contribution in [0.15, 0.2) is 71.3 Å². The Labute approximate surface area is 343 Å². The zero-order chi connectivity index (χ0) is 35.7. The molecule has 0 N–H and O–H groups in total. The summed E-state index contributed by atoms with van der Waals surface area (Å²) in [4.78, 5) is 0. The van der Waals surface area contributed by atoms with Crippen LogP contribution in [0.3, 0.4) is 0 Å². The van der Waals surface area contributed by atoms with Crippen molar-refractivity contribution in [1.82, 2.24) is 0 Å². The minimum atomic E-state index is -1.73. The van der Waals surface area contributed by atoms with Gasteiger partial charge in [0.1, 0.15) is 0 Å². The van der Waals surface area contributed by atoms with Crippen molar-refractivity contribution >= 4 is 77.8 Å². The van der Waals surface area contributed by atoms with Gasteiger partial charge < -0.3 is 37.2 Å². The van der Waals surface area contributed by atoms with Crippen molar-refractivity contribution < 1.29 is 57.7 Å². The largest absolute Gasteiger partial charge is 1.00 e. The van der Waals surface area contributed by atoms with Crippen LogP contribution < -0.4 is 68.3 Å². The predicted molar refractivity (Wildman–Crippen MR) is 226 cm³/mol. The number of allylic oxidation sites excluding steroid dienone is 4. The van der Waals surface area contributed by atoms with Crippen LogP contribution in [0.2, 0.25) is 88.3 Å². The van der Waals surface area contributed by atoms with Crippen LogP contribution in [-0.2, 0) is 20.4 Å². The molecule has 0 saturated heterocycles. The van der Waals surface area contributed by atoms with Crippen molar-refractivity contribution in [3.63, 3.8) is 0 Å². The number of hydrogen-bond donors (Lipinski definition) is 0. The summed E-state index contributed by atoms with van der Waals surface area (Å²) in [6, 6.07) is 24.6. The Balaban J connectivity index is 0.00000417. The molecule has 0 saturated carbocycles. The van der Waals surface area contributed by atoms with Crippen LogP contribution in [-0.4, -0.2) is 41.1 Å². The first-order valence-electron chi connectivity index (χ1n) is 17.8. The third-order valence-electron chi connectivity index (χ3n) is 10.8. The van der Waals surface area contributed by atoms with Crippen LogP contribution in [0.1, 0.15) is 37.5 Å². The Morgan fingerprint density at radius 1 is 0.480 bits per heavy atom. The monoisotopic (exact) mass is 848 g/mol. The van der Waals surface area contributed by atoms with Crippen LogP contribution in [0.5, 0.6) is 0 Å². The standard InChI is InChI=1S/C41H63Si5.3ClH.Ti/c1-28-18-29(2)20-33(19-28)41-32(5)30(3)31(4)40(41)27-42(34-21-36(43(6,7)8)25-37(22-34)44(9,10)11)35-23-38(45(12,13)14)26-39(24-35)46(15,16)17;;;;/h18-26,42H,27H2,1-17H3;3*1H;/q;;;;+3/p-3. The van der Waals surface area contributed by atoms with Gasteiger partial charge in [-0.05, 0) is 0 Å². The molecular formula is C41H63Cl3Si5Ti. The van der Waals surface area contributed by atoms with Gasteiger partial charge in [-0.15, -0.1) is 0 Å². The van der Waals surface area contributed by atoms with Gasteiger partial charge in [0.2, 0.25) is 0 Å². The number of benzene rings is 3. The van der Waals surface area contributed by atoms with Gasteiger partial charge in [0, 0.05) is 0 Å². The molecule has 0 heterocycles. The molecule has 0 bridgehead atoms. The molecule has 3 aromatic rings. The van der Waals surface area contributed by atoms with E-state index in [-0.39, 0.29) is 40.9 Å². The molecule has 1 atom stereocenters. The molecule has 0 nitrogen and oxygen atoms in total. The van der Waals surface area contributed by atoms with Gasteiger partial charge in [0.25, 0.3) is 0 Å². The minimum absolute atomic E-state index is 0. The van der Waals surface area contributed by atoms with E-state index in [0.717, 1.165) is 0 Å². The summed E-state index contributed by atoms with van der Waals surface area (Å²) in [5.41, 5.74) is 10.3. The molecule has 0 fully saturated rings. The minimum Gasteiger partial charge on any atom is -1.00 e. The summed E-state index contributed by atoms with van der Waals surface area (Å²) in [5, 5.41) is 9.98. The average Bonchev–Trinajstić information content (AvgIpc) is 3.08. The van der Waals surface area contributed by atoms with Crippen LogP contribution >= 0.6 is 0 Å². The maximum atomic E-state index is 2.72. The van der Waals surface area contributed by atoms with Crippen molar-refractivity contribution in [1.29, 1.82) is 0 Å². The van der Waals surface area contributed by atoms with Crippen LogP contribution in [0.25, 0.3) is 5.57 Å². The molecule has 4 rings (SSSR count). The Morgan fingerprint density at radius 3 is 1.10 bits per heavy atom. The smallest absolute Gasteiger partial charge is 1.00 e. The Bertz CT molecular complexity index is 1610. The number of rotatable bonds is 9. The first-order chi connectivity index (χ1) is 21.2. The van der Waals surface area contributed by atoms with Crippen molar-refractivity contribution in [2.24, 2.45) is 0 Å². The fraction of sp³-hybridized carbons (Fsp3) is 0.463.